The van der Waals surface area contributed by atoms with Gasteiger partial charge in [-0.15, -0.1) is 0 Å². The predicted octanol–water partition coefficient (Wildman–Crippen LogP) is 2.72. The van der Waals surface area contributed by atoms with Crippen LogP contribution >= 0.6 is 0 Å². The summed E-state index contributed by atoms with van der Waals surface area (Å²) in [5.74, 6) is 0.00140. The molecule has 2 N–H and O–H groups in total. The first kappa shape index (κ1) is 17.1. The zero-order chi connectivity index (χ0) is 18.0. The fourth-order valence-electron chi connectivity index (χ4n) is 3.50. The molecular formula is C19H21N3O3. The van der Waals surface area contributed by atoms with Gasteiger partial charge in [0.2, 0.25) is 0 Å². The van der Waals surface area contributed by atoms with Crippen molar-refractivity contribution in [1.82, 2.24) is 4.90 Å². The Morgan fingerprint density at radius 2 is 1.96 bits per heavy atom. The van der Waals surface area contributed by atoms with Crippen LogP contribution in [-0.4, -0.2) is 35.4 Å². The lowest BCUT2D eigenvalue weighted by atomic mass is 9.89. The fourth-order valence-corrected chi connectivity index (χ4v) is 3.50. The second-order valence-corrected chi connectivity index (χ2v) is 6.50. The van der Waals surface area contributed by atoms with Crippen molar-refractivity contribution in [2.24, 2.45) is 11.7 Å². The van der Waals surface area contributed by atoms with Crippen LogP contribution in [0.4, 0.5) is 5.69 Å². The molecule has 0 spiro atoms. The Kier molecular flexibility index (Phi) is 4.81. The maximum atomic E-state index is 12.9. The van der Waals surface area contributed by atoms with E-state index in [9.17, 15) is 14.9 Å². The monoisotopic (exact) mass is 339 g/mol. The van der Waals surface area contributed by atoms with Crippen LogP contribution in [0.3, 0.4) is 0 Å². The van der Waals surface area contributed by atoms with Crippen molar-refractivity contribution in [3.05, 3.63) is 75.3 Å². The molecule has 25 heavy (non-hydrogen) atoms. The number of amides is 1. The van der Waals surface area contributed by atoms with Gasteiger partial charge in [0.05, 0.1) is 4.92 Å². The Balaban J connectivity index is 1.89. The van der Waals surface area contributed by atoms with E-state index in [1.165, 1.54) is 6.07 Å². The van der Waals surface area contributed by atoms with E-state index in [1.54, 1.807) is 17.0 Å². The molecule has 1 amide bonds. The van der Waals surface area contributed by atoms with Gasteiger partial charge >= 0.3 is 0 Å². The molecule has 3 rings (SSSR count). The number of rotatable bonds is 4. The molecule has 0 unspecified atom stereocenters. The molecule has 0 bridgehead atoms. The third-order valence-corrected chi connectivity index (χ3v) is 4.84. The smallest absolute Gasteiger partial charge is 0.282 e. The number of nitro groups is 1. The first-order valence-corrected chi connectivity index (χ1v) is 8.30. The number of carbonyl (C=O) groups is 1. The molecule has 1 aliphatic heterocycles. The Bertz CT molecular complexity index is 792. The van der Waals surface area contributed by atoms with Gasteiger partial charge < -0.3 is 10.6 Å². The molecule has 1 heterocycles. The van der Waals surface area contributed by atoms with Gasteiger partial charge in [-0.25, -0.2) is 0 Å². The third kappa shape index (κ3) is 3.39. The molecule has 1 aliphatic rings. The topological polar surface area (TPSA) is 89.5 Å². The molecule has 0 radical (unpaired) electrons. The van der Waals surface area contributed by atoms with Crippen LogP contribution in [0, 0.1) is 23.0 Å². The number of benzene rings is 2. The average Bonchev–Trinajstić information content (AvgIpc) is 3.06. The zero-order valence-electron chi connectivity index (χ0n) is 14.1. The number of hydrogen-bond acceptors (Lipinski definition) is 4. The summed E-state index contributed by atoms with van der Waals surface area (Å²) >= 11 is 0. The van der Waals surface area contributed by atoms with E-state index in [0.29, 0.717) is 19.6 Å². The number of nitro benzene ring substituents is 1. The minimum absolute atomic E-state index is 0.148. The van der Waals surface area contributed by atoms with Gasteiger partial charge in [-0.1, -0.05) is 36.4 Å². The van der Waals surface area contributed by atoms with Crippen LogP contribution < -0.4 is 5.73 Å². The molecular weight excluding hydrogens is 318 g/mol. The highest BCUT2D eigenvalue weighted by Gasteiger charge is 2.37. The van der Waals surface area contributed by atoms with Crippen molar-refractivity contribution in [3.63, 3.8) is 0 Å². The summed E-state index contributed by atoms with van der Waals surface area (Å²) in [6.45, 7) is 3.33. The van der Waals surface area contributed by atoms with Crippen LogP contribution in [0.1, 0.15) is 27.4 Å². The van der Waals surface area contributed by atoms with E-state index >= 15 is 0 Å². The maximum Gasteiger partial charge on any atom is 0.282 e. The van der Waals surface area contributed by atoms with Gasteiger partial charge in [-0.3, -0.25) is 14.9 Å². The van der Waals surface area contributed by atoms with Gasteiger partial charge in [-0.05, 0) is 36.6 Å². The number of nitrogens with two attached hydrogens (primary N) is 1. The normalized spacial score (nSPS) is 19.8. The van der Waals surface area contributed by atoms with Crippen LogP contribution in [-0.2, 0) is 0 Å². The van der Waals surface area contributed by atoms with Crippen LogP contribution in [0.15, 0.2) is 48.5 Å². The Morgan fingerprint density at radius 1 is 1.24 bits per heavy atom. The van der Waals surface area contributed by atoms with Gasteiger partial charge in [0.1, 0.15) is 5.56 Å². The SMILES string of the molecule is Cc1ccc([N+](=O)[O-])c(C(=O)N2C[C@@H](CN)[C@H](c3ccccc3)C2)c1. The predicted molar refractivity (Wildman–Crippen MR) is 95.5 cm³/mol. The molecule has 0 saturated carbocycles. The van der Waals surface area contributed by atoms with E-state index in [0.717, 1.165) is 11.1 Å². The van der Waals surface area contributed by atoms with Gasteiger partial charge in [-0.2, -0.15) is 0 Å². The Labute approximate surface area is 146 Å². The zero-order valence-corrected chi connectivity index (χ0v) is 14.1. The van der Waals surface area contributed by atoms with E-state index in [1.807, 2.05) is 37.3 Å². The number of likely N-dealkylation sites (tertiary alicyclic amines) is 1. The van der Waals surface area contributed by atoms with Crippen molar-refractivity contribution < 1.29 is 9.72 Å². The summed E-state index contributed by atoms with van der Waals surface area (Å²) in [6, 6.07) is 14.6. The Hall–Kier alpha value is -2.73. The summed E-state index contributed by atoms with van der Waals surface area (Å²) < 4.78 is 0. The molecule has 6 heteroatoms. The van der Waals surface area contributed by atoms with E-state index in [-0.39, 0.29) is 29.0 Å². The molecule has 2 atom stereocenters. The number of carbonyl (C=O) groups excluding carboxylic acids is 1. The average molecular weight is 339 g/mol. The lowest BCUT2D eigenvalue weighted by molar-refractivity contribution is -0.385. The quantitative estimate of drug-likeness (QED) is 0.685. The lowest BCUT2D eigenvalue weighted by Crippen LogP contribution is -2.30. The molecule has 1 saturated heterocycles. The van der Waals surface area contributed by atoms with Crippen LogP contribution in [0.2, 0.25) is 0 Å². The van der Waals surface area contributed by atoms with Crippen molar-refractivity contribution in [2.75, 3.05) is 19.6 Å². The minimum atomic E-state index is -0.502. The minimum Gasteiger partial charge on any atom is -0.337 e. The summed E-state index contributed by atoms with van der Waals surface area (Å²) in [5.41, 5.74) is 7.88. The number of hydrogen-bond donors (Lipinski definition) is 1. The molecule has 0 aromatic heterocycles. The Morgan fingerprint density at radius 3 is 2.60 bits per heavy atom. The van der Waals surface area contributed by atoms with Crippen LogP contribution in [0.5, 0.6) is 0 Å². The lowest BCUT2D eigenvalue weighted by Gasteiger charge is -2.17. The van der Waals surface area contributed by atoms with E-state index in [4.69, 9.17) is 5.73 Å². The van der Waals surface area contributed by atoms with Crippen molar-refractivity contribution >= 4 is 11.6 Å². The largest absolute Gasteiger partial charge is 0.337 e. The van der Waals surface area contributed by atoms with Crippen molar-refractivity contribution in [2.45, 2.75) is 12.8 Å². The molecule has 0 aliphatic carbocycles. The maximum absolute atomic E-state index is 12.9. The van der Waals surface area contributed by atoms with Crippen LogP contribution in [0.25, 0.3) is 0 Å². The molecule has 2 aromatic carbocycles. The summed E-state index contributed by atoms with van der Waals surface area (Å²) in [7, 11) is 0. The highest BCUT2D eigenvalue weighted by molar-refractivity contribution is 5.98. The fraction of sp³-hybridized carbons (Fsp3) is 0.316. The first-order valence-electron chi connectivity index (χ1n) is 8.30. The van der Waals surface area contributed by atoms with Crippen molar-refractivity contribution in [3.8, 4) is 0 Å². The van der Waals surface area contributed by atoms with Crippen molar-refractivity contribution in [1.29, 1.82) is 0 Å². The van der Waals surface area contributed by atoms with Gasteiger partial charge in [0.25, 0.3) is 11.6 Å². The van der Waals surface area contributed by atoms with E-state index in [2.05, 4.69) is 0 Å². The summed E-state index contributed by atoms with van der Waals surface area (Å²) in [6.07, 6.45) is 0. The molecule has 130 valence electrons. The van der Waals surface area contributed by atoms with Gasteiger partial charge in [0.15, 0.2) is 0 Å². The second-order valence-electron chi connectivity index (χ2n) is 6.50. The molecule has 6 nitrogen and oxygen atoms in total. The summed E-state index contributed by atoms with van der Waals surface area (Å²) in [4.78, 5) is 25.4. The van der Waals surface area contributed by atoms with Gasteiger partial charge in [0, 0.05) is 25.1 Å². The number of nitrogens with zero attached hydrogens (tertiary/aromatic N) is 2. The van der Waals surface area contributed by atoms with E-state index < -0.39 is 4.92 Å². The standard InChI is InChI=1S/C19H21N3O3/c1-13-7-8-18(22(24)25)16(9-13)19(23)21-11-15(10-20)17(12-21)14-5-3-2-4-6-14/h2-9,15,17H,10-12,20H2,1H3/t15-,17+/m1/s1. The highest BCUT2D eigenvalue weighted by Crippen LogP contribution is 2.34. The first-order chi connectivity index (χ1) is 12.0. The summed E-state index contributed by atoms with van der Waals surface area (Å²) in [5, 5.41) is 11.3. The highest BCUT2D eigenvalue weighted by atomic mass is 16.6. The third-order valence-electron chi connectivity index (χ3n) is 4.84. The molecule has 1 fully saturated rings. The molecule has 2 aromatic rings. The second kappa shape index (κ2) is 7.03. The number of aryl methyl sites for hydroxylation is 1.